The lowest BCUT2D eigenvalue weighted by atomic mass is 10.1. The van der Waals surface area contributed by atoms with Gasteiger partial charge in [-0.3, -0.25) is 5.32 Å². The molecule has 212 valence electrons. The quantitative estimate of drug-likeness (QED) is 0.311. The molecule has 0 radical (unpaired) electrons. The van der Waals surface area contributed by atoms with Gasteiger partial charge >= 0.3 is 24.1 Å². The normalized spacial score (nSPS) is 12.9. The van der Waals surface area contributed by atoms with Crippen LogP contribution in [0.3, 0.4) is 0 Å². The number of alkyl carbamates (subject to hydrolysis) is 1. The Morgan fingerprint density at radius 2 is 1.36 bits per heavy atom. The number of aliphatic hydroxyl groups is 1. The number of carbonyl (C=O) groups is 4. The van der Waals surface area contributed by atoms with Crippen LogP contribution in [0.4, 0.5) is 15.3 Å². The number of ether oxygens (including phenoxy) is 4. The number of nitrogens with one attached hydrogen (secondary N) is 2. The molecule has 2 aromatic rings. The maximum Gasteiger partial charge on any atom is 0.411 e. The fourth-order valence-corrected chi connectivity index (χ4v) is 3.00. The van der Waals surface area contributed by atoms with Crippen LogP contribution < -0.4 is 10.6 Å². The van der Waals surface area contributed by atoms with Gasteiger partial charge < -0.3 is 29.4 Å². The van der Waals surface area contributed by atoms with E-state index >= 15 is 0 Å². The number of aliphatic hydroxyl groups excluding tert-OH is 1. The van der Waals surface area contributed by atoms with Crippen molar-refractivity contribution in [1.82, 2.24) is 5.32 Å². The van der Waals surface area contributed by atoms with Crippen molar-refractivity contribution in [3.63, 3.8) is 0 Å². The van der Waals surface area contributed by atoms with E-state index in [1.807, 2.05) is 18.2 Å². The smallest absolute Gasteiger partial charge is 0.411 e. The van der Waals surface area contributed by atoms with E-state index in [1.54, 1.807) is 53.7 Å². The molecule has 2 aromatic carbocycles. The summed E-state index contributed by atoms with van der Waals surface area (Å²) >= 11 is 0. The summed E-state index contributed by atoms with van der Waals surface area (Å²) in [5.41, 5.74) is -0.306. The molecule has 0 spiro atoms. The molecule has 2 amide bonds. The van der Waals surface area contributed by atoms with E-state index in [1.165, 1.54) is 24.3 Å². The van der Waals surface area contributed by atoms with Gasteiger partial charge in [0.2, 0.25) is 0 Å². The Morgan fingerprint density at radius 1 is 0.769 bits per heavy atom. The van der Waals surface area contributed by atoms with Gasteiger partial charge in [0.25, 0.3) is 0 Å². The van der Waals surface area contributed by atoms with E-state index in [0.717, 1.165) is 5.56 Å². The monoisotopic (exact) mass is 544 g/mol. The lowest BCUT2D eigenvalue weighted by molar-refractivity contribution is -0.158. The highest BCUT2D eigenvalue weighted by atomic mass is 16.6. The molecule has 2 unspecified atom stereocenters. The molecular weight excluding hydrogens is 508 g/mol. The molecule has 39 heavy (non-hydrogen) atoms. The van der Waals surface area contributed by atoms with Gasteiger partial charge in [-0.25, -0.2) is 19.2 Å². The van der Waals surface area contributed by atoms with Gasteiger partial charge in [-0.05, 0) is 64.8 Å². The van der Waals surface area contributed by atoms with Crippen LogP contribution in [0.15, 0.2) is 54.6 Å². The van der Waals surface area contributed by atoms with Crippen LogP contribution in [-0.2, 0) is 35.1 Å². The molecule has 0 aromatic heterocycles. The third-order valence-corrected chi connectivity index (χ3v) is 4.68. The molecule has 0 heterocycles. The number of hydrogen-bond acceptors (Lipinski definition) is 9. The maximum atomic E-state index is 12.5. The standard InChI is InChI=1S/C28H36N2O9/c1-27(2,3)38-23(32)21(30-26(35)39-28(4,5)6)17-37-25(34)29-20-14-12-19(13-15-20)22(31)24(33)36-16-18-10-8-7-9-11-18/h7-15,21-22,31H,16-17H2,1-6H3,(H,29,34)(H,30,35). The maximum absolute atomic E-state index is 12.5. The fraction of sp³-hybridized carbons (Fsp3) is 0.429. The molecule has 0 saturated heterocycles. The number of hydrogen-bond donors (Lipinski definition) is 3. The van der Waals surface area contributed by atoms with Crippen molar-refractivity contribution >= 4 is 29.8 Å². The molecule has 2 rings (SSSR count). The Hall–Kier alpha value is -4.12. The first kappa shape index (κ1) is 31.1. The first-order valence-electron chi connectivity index (χ1n) is 12.3. The van der Waals surface area contributed by atoms with E-state index < -0.39 is 54.1 Å². The minimum Gasteiger partial charge on any atom is -0.459 e. The highest BCUT2D eigenvalue weighted by Gasteiger charge is 2.30. The first-order valence-corrected chi connectivity index (χ1v) is 12.3. The van der Waals surface area contributed by atoms with Gasteiger partial charge in [-0.1, -0.05) is 42.5 Å². The number of benzene rings is 2. The molecule has 11 nitrogen and oxygen atoms in total. The van der Waals surface area contributed by atoms with Crippen molar-refractivity contribution in [2.45, 2.75) is 71.5 Å². The van der Waals surface area contributed by atoms with Gasteiger partial charge in [-0.15, -0.1) is 0 Å². The van der Waals surface area contributed by atoms with Crippen molar-refractivity contribution in [1.29, 1.82) is 0 Å². The van der Waals surface area contributed by atoms with Gasteiger partial charge in [-0.2, -0.15) is 0 Å². The van der Waals surface area contributed by atoms with Gasteiger partial charge in [0, 0.05) is 5.69 Å². The molecule has 3 N–H and O–H groups in total. The van der Waals surface area contributed by atoms with Crippen LogP contribution >= 0.6 is 0 Å². The van der Waals surface area contributed by atoms with Crippen molar-refractivity contribution < 1.29 is 43.2 Å². The Balaban J connectivity index is 1.92. The van der Waals surface area contributed by atoms with E-state index in [4.69, 9.17) is 18.9 Å². The van der Waals surface area contributed by atoms with Crippen LogP contribution in [0, 0.1) is 0 Å². The number of amides is 2. The SMILES string of the molecule is CC(C)(C)OC(=O)NC(COC(=O)Nc1ccc(C(O)C(=O)OCc2ccccc2)cc1)C(=O)OC(C)(C)C. The lowest BCUT2D eigenvalue weighted by Gasteiger charge is -2.26. The van der Waals surface area contributed by atoms with Crippen LogP contribution in [0.5, 0.6) is 0 Å². The zero-order valence-corrected chi connectivity index (χ0v) is 23.0. The summed E-state index contributed by atoms with van der Waals surface area (Å²) in [6, 6.07) is 13.5. The second-order valence-corrected chi connectivity index (χ2v) is 10.6. The average molecular weight is 545 g/mol. The highest BCUT2D eigenvalue weighted by molar-refractivity contribution is 5.86. The molecule has 0 aliphatic carbocycles. The number of carbonyl (C=O) groups excluding carboxylic acids is 4. The van der Waals surface area contributed by atoms with Crippen molar-refractivity contribution in [3.8, 4) is 0 Å². The van der Waals surface area contributed by atoms with Gasteiger partial charge in [0.1, 0.15) is 24.4 Å². The highest BCUT2D eigenvalue weighted by Crippen LogP contribution is 2.19. The molecule has 0 fully saturated rings. The molecule has 0 saturated carbocycles. The molecule has 11 heteroatoms. The van der Waals surface area contributed by atoms with Crippen LogP contribution in [0.1, 0.15) is 58.8 Å². The second kappa shape index (κ2) is 13.6. The minimum absolute atomic E-state index is 0.0231. The number of esters is 2. The van der Waals surface area contributed by atoms with Crippen molar-refractivity contribution in [2.24, 2.45) is 0 Å². The number of anilines is 1. The molecule has 2 atom stereocenters. The minimum atomic E-state index is -1.51. The first-order chi connectivity index (χ1) is 18.1. The number of rotatable bonds is 9. The molecule has 0 aliphatic rings. The Morgan fingerprint density at radius 3 is 1.92 bits per heavy atom. The summed E-state index contributed by atoms with van der Waals surface area (Å²) in [6.07, 6.45) is -3.30. The zero-order valence-electron chi connectivity index (χ0n) is 23.0. The van der Waals surface area contributed by atoms with Gasteiger partial charge in [0.05, 0.1) is 0 Å². The molecule has 0 aliphatic heterocycles. The third kappa shape index (κ3) is 11.9. The van der Waals surface area contributed by atoms with E-state index in [-0.39, 0.29) is 12.2 Å². The topological polar surface area (TPSA) is 149 Å². The lowest BCUT2D eigenvalue weighted by Crippen LogP contribution is -2.48. The fourth-order valence-electron chi connectivity index (χ4n) is 3.00. The second-order valence-electron chi connectivity index (χ2n) is 10.6. The van der Waals surface area contributed by atoms with E-state index in [9.17, 15) is 24.3 Å². The molecule has 0 bridgehead atoms. The third-order valence-electron chi connectivity index (χ3n) is 4.68. The predicted octanol–water partition coefficient (Wildman–Crippen LogP) is 4.25. The van der Waals surface area contributed by atoms with E-state index in [0.29, 0.717) is 5.69 Å². The summed E-state index contributed by atoms with van der Waals surface area (Å²) < 4.78 is 20.7. The average Bonchev–Trinajstić information content (AvgIpc) is 2.83. The van der Waals surface area contributed by atoms with Crippen LogP contribution in [0.2, 0.25) is 0 Å². The Kier molecular flexibility index (Phi) is 10.9. The molecular formula is C28H36N2O9. The van der Waals surface area contributed by atoms with Crippen LogP contribution in [0.25, 0.3) is 0 Å². The Bertz CT molecular complexity index is 1120. The summed E-state index contributed by atoms with van der Waals surface area (Å²) in [7, 11) is 0. The largest absolute Gasteiger partial charge is 0.459 e. The zero-order chi connectivity index (χ0) is 29.2. The van der Waals surface area contributed by atoms with Crippen molar-refractivity contribution in [2.75, 3.05) is 11.9 Å². The Labute approximate surface area is 227 Å². The summed E-state index contributed by atoms with van der Waals surface area (Å²) in [5.74, 6) is -1.62. The summed E-state index contributed by atoms with van der Waals surface area (Å²) in [5, 5.41) is 15.1. The van der Waals surface area contributed by atoms with E-state index in [2.05, 4.69) is 10.6 Å². The predicted molar refractivity (Wildman–Crippen MR) is 142 cm³/mol. The summed E-state index contributed by atoms with van der Waals surface area (Å²) in [4.78, 5) is 49.2. The van der Waals surface area contributed by atoms with Gasteiger partial charge in [0.15, 0.2) is 12.1 Å². The summed E-state index contributed by atoms with van der Waals surface area (Å²) in [6.45, 7) is 9.47. The van der Waals surface area contributed by atoms with Crippen molar-refractivity contribution in [3.05, 3.63) is 65.7 Å². The van der Waals surface area contributed by atoms with Crippen LogP contribution in [-0.4, -0.2) is 53.1 Å².